The highest BCUT2D eigenvalue weighted by molar-refractivity contribution is 5.75. The van der Waals surface area contributed by atoms with Crippen molar-refractivity contribution in [1.82, 2.24) is 10.6 Å². The van der Waals surface area contributed by atoms with E-state index < -0.39 is 5.91 Å². The van der Waals surface area contributed by atoms with Crippen molar-refractivity contribution in [3.05, 3.63) is 35.9 Å². The molecule has 0 bridgehead atoms. The number of hydrogen-bond donors (Lipinski definition) is 3. The van der Waals surface area contributed by atoms with Gasteiger partial charge >= 0.3 is 0 Å². The van der Waals surface area contributed by atoms with E-state index in [0.29, 0.717) is 25.9 Å². The van der Waals surface area contributed by atoms with E-state index in [1.54, 1.807) is 0 Å². The average Bonchev–Trinajstić information content (AvgIpc) is 2.64. The van der Waals surface area contributed by atoms with Crippen LogP contribution < -0.4 is 16.4 Å². The Morgan fingerprint density at radius 2 is 1.77 bits per heavy atom. The molecule has 1 aromatic rings. The predicted octanol–water partition coefficient (Wildman–Crippen LogP) is 1.72. The van der Waals surface area contributed by atoms with Crippen molar-refractivity contribution in [2.24, 2.45) is 5.73 Å². The molecule has 0 radical (unpaired) electrons. The van der Waals surface area contributed by atoms with Crippen molar-refractivity contribution in [3.63, 3.8) is 0 Å². The molecule has 0 fully saturated rings. The Morgan fingerprint density at radius 1 is 1.00 bits per heavy atom. The van der Waals surface area contributed by atoms with Crippen LogP contribution in [-0.4, -0.2) is 37.2 Å². The molecule has 0 aromatic heterocycles. The minimum Gasteiger partial charge on any atom is -0.370 e. The molecule has 1 unspecified atom stereocenters. The Morgan fingerprint density at radius 3 is 2.46 bits per heavy atom. The van der Waals surface area contributed by atoms with E-state index in [1.165, 1.54) is 5.56 Å². The Kier molecular flexibility index (Phi) is 11.8. The zero-order chi connectivity index (χ0) is 19.0. The van der Waals surface area contributed by atoms with Crippen molar-refractivity contribution in [2.75, 3.05) is 13.1 Å². The van der Waals surface area contributed by atoms with Gasteiger partial charge in [-0.15, -0.1) is 0 Å². The van der Waals surface area contributed by atoms with Crippen LogP contribution in [0, 0.1) is 0 Å². The molecule has 4 N–H and O–H groups in total. The molecule has 0 heterocycles. The van der Waals surface area contributed by atoms with Crippen LogP contribution in [0.1, 0.15) is 50.5 Å². The van der Waals surface area contributed by atoms with Gasteiger partial charge in [0.15, 0.2) is 0 Å². The number of rotatable bonds is 15. The fourth-order valence-corrected chi connectivity index (χ4v) is 2.64. The molecule has 1 aromatic carbocycles. The summed E-state index contributed by atoms with van der Waals surface area (Å²) in [5.74, 6) is -0.299. The van der Waals surface area contributed by atoms with Crippen LogP contribution in [0.4, 0.5) is 0 Å². The molecule has 0 spiro atoms. The number of amides is 2. The van der Waals surface area contributed by atoms with Crippen LogP contribution in [0.5, 0.6) is 0 Å². The minimum absolute atomic E-state index is 0.0956. The van der Waals surface area contributed by atoms with Gasteiger partial charge in [-0.1, -0.05) is 36.8 Å². The molecule has 6 nitrogen and oxygen atoms in total. The highest BCUT2D eigenvalue weighted by atomic mass is 16.2. The zero-order valence-corrected chi connectivity index (χ0v) is 15.4. The summed E-state index contributed by atoms with van der Waals surface area (Å²) in [7, 11) is 0. The maximum Gasteiger partial charge on any atom is 0.219 e. The number of aldehydes is 1. The smallest absolute Gasteiger partial charge is 0.219 e. The molecule has 0 saturated heterocycles. The van der Waals surface area contributed by atoms with E-state index in [1.807, 2.05) is 18.2 Å². The van der Waals surface area contributed by atoms with Gasteiger partial charge < -0.3 is 21.2 Å². The molecule has 0 aliphatic carbocycles. The molecule has 1 rings (SSSR count). The maximum atomic E-state index is 11.8. The van der Waals surface area contributed by atoms with Gasteiger partial charge in [-0.25, -0.2) is 0 Å². The summed E-state index contributed by atoms with van der Waals surface area (Å²) < 4.78 is 0. The summed E-state index contributed by atoms with van der Waals surface area (Å²) in [6.45, 7) is 1.40. The fourth-order valence-electron chi connectivity index (χ4n) is 2.64. The first-order valence-electron chi connectivity index (χ1n) is 9.39. The molecule has 6 heteroatoms. The summed E-state index contributed by atoms with van der Waals surface area (Å²) >= 11 is 0. The first-order valence-corrected chi connectivity index (χ1v) is 9.39. The Balaban J connectivity index is 1.95. The third-order valence-corrected chi connectivity index (χ3v) is 4.16. The lowest BCUT2D eigenvalue weighted by Crippen LogP contribution is -2.32. The van der Waals surface area contributed by atoms with Gasteiger partial charge in [-0.2, -0.15) is 0 Å². The Bertz CT molecular complexity index is 534. The largest absolute Gasteiger partial charge is 0.370 e. The quantitative estimate of drug-likeness (QED) is 0.327. The van der Waals surface area contributed by atoms with Crippen molar-refractivity contribution in [2.45, 2.75) is 57.4 Å². The van der Waals surface area contributed by atoms with E-state index in [-0.39, 0.29) is 18.4 Å². The number of benzene rings is 1. The normalized spacial score (nSPS) is 11.7. The van der Waals surface area contributed by atoms with Crippen LogP contribution in [0.3, 0.4) is 0 Å². The van der Waals surface area contributed by atoms with Crippen molar-refractivity contribution in [1.29, 1.82) is 0 Å². The van der Waals surface area contributed by atoms with Gasteiger partial charge in [0.2, 0.25) is 11.8 Å². The second-order valence-electron chi connectivity index (χ2n) is 6.45. The first-order chi connectivity index (χ1) is 12.6. The number of nitrogens with two attached hydrogens (primary N) is 1. The Hall–Kier alpha value is -2.21. The number of carbonyl (C=O) groups excluding carboxylic acids is 3. The van der Waals surface area contributed by atoms with Crippen molar-refractivity contribution in [3.8, 4) is 0 Å². The fraction of sp³-hybridized carbons (Fsp3) is 0.550. The highest BCUT2D eigenvalue weighted by Crippen LogP contribution is 2.03. The highest BCUT2D eigenvalue weighted by Gasteiger charge is 2.07. The summed E-state index contributed by atoms with van der Waals surface area (Å²) in [6, 6.07) is 9.92. The molecule has 26 heavy (non-hydrogen) atoms. The molecule has 144 valence electrons. The minimum atomic E-state index is -0.395. The van der Waals surface area contributed by atoms with E-state index >= 15 is 0 Å². The topological polar surface area (TPSA) is 101 Å². The van der Waals surface area contributed by atoms with Crippen LogP contribution in [0.2, 0.25) is 0 Å². The number of nitrogens with one attached hydrogen (secondary N) is 2. The molecule has 2 amide bonds. The molecule has 0 saturated carbocycles. The van der Waals surface area contributed by atoms with Crippen LogP contribution in [0.15, 0.2) is 30.3 Å². The lowest BCUT2D eigenvalue weighted by Gasteiger charge is -2.11. The monoisotopic (exact) mass is 361 g/mol. The van der Waals surface area contributed by atoms with Crippen LogP contribution in [0.25, 0.3) is 0 Å². The van der Waals surface area contributed by atoms with E-state index in [0.717, 1.165) is 38.4 Å². The number of primary amides is 1. The molecular formula is C20H31N3O3. The number of carbonyl (C=O) groups is 3. The second-order valence-corrected chi connectivity index (χ2v) is 6.45. The maximum absolute atomic E-state index is 11.8. The third kappa shape index (κ3) is 11.4. The van der Waals surface area contributed by atoms with Gasteiger partial charge in [0.1, 0.15) is 6.29 Å². The summed E-state index contributed by atoms with van der Waals surface area (Å²) in [4.78, 5) is 33.4. The van der Waals surface area contributed by atoms with Gasteiger partial charge in [0.25, 0.3) is 0 Å². The van der Waals surface area contributed by atoms with E-state index in [9.17, 15) is 14.4 Å². The summed E-state index contributed by atoms with van der Waals surface area (Å²) in [5, 5.41) is 6.05. The molecular weight excluding hydrogens is 330 g/mol. The molecule has 1 atom stereocenters. The van der Waals surface area contributed by atoms with Crippen molar-refractivity contribution < 1.29 is 14.4 Å². The second kappa shape index (κ2) is 14.0. The zero-order valence-electron chi connectivity index (χ0n) is 15.4. The average molecular weight is 361 g/mol. The molecule has 0 aliphatic rings. The third-order valence-electron chi connectivity index (χ3n) is 4.16. The standard InChI is InChI=1S/C20H31N3O3/c21-19(25)13-12-18(16-24)22-14-6-2-5-11-20(26)23-15-7-10-17-8-3-1-4-9-17/h1,3-4,8-9,16,18,22H,2,5-7,10-15H2,(H2,21,25)(H,23,26). The number of unbranched alkanes of at least 4 members (excludes halogenated alkanes) is 2. The lowest BCUT2D eigenvalue weighted by molar-refractivity contribution is -0.121. The summed E-state index contributed by atoms with van der Waals surface area (Å²) in [5.41, 5.74) is 6.36. The number of aryl methyl sites for hydroxylation is 1. The van der Waals surface area contributed by atoms with Gasteiger partial charge in [-0.05, 0) is 44.2 Å². The molecule has 0 aliphatic heterocycles. The van der Waals surface area contributed by atoms with Gasteiger partial charge in [0, 0.05) is 19.4 Å². The SMILES string of the molecule is NC(=O)CCC(C=O)NCCCCCC(=O)NCCCc1ccccc1. The van der Waals surface area contributed by atoms with Crippen molar-refractivity contribution >= 4 is 18.1 Å². The van der Waals surface area contributed by atoms with Gasteiger partial charge in [-0.3, -0.25) is 9.59 Å². The lowest BCUT2D eigenvalue weighted by atomic mass is 10.1. The number of hydrogen-bond acceptors (Lipinski definition) is 4. The van der Waals surface area contributed by atoms with E-state index in [2.05, 4.69) is 22.8 Å². The first kappa shape index (κ1) is 21.8. The predicted molar refractivity (Wildman–Crippen MR) is 103 cm³/mol. The summed E-state index contributed by atoms with van der Waals surface area (Å²) in [6.07, 6.45) is 6.55. The Labute approximate surface area is 155 Å². The van der Waals surface area contributed by atoms with Gasteiger partial charge in [0.05, 0.1) is 6.04 Å². The van der Waals surface area contributed by atoms with E-state index in [4.69, 9.17) is 5.73 Å². The van der Waals surface area contributed by atoms with Crippen LogP contribution >= 0.6 is 0 Å². The van der Waals surface area contributed by atoms with Crippen LogP contribution in [-0.2, 0) is 20.8 Å².